The Morgan fingerprint density at radius 2 is 1.27 bits per heavy atom. The van der Waals surface area contributed by atoms with Crippen molar-refractivity contribution in [3.05, 3.63) is 0 Å². The third-order valence-electron chi connectivity index (χ3n) is 1.51. The molecule has 15 heavy (non-hydrogen) atoms. The molecule has 0 aromatic carbocycles. The summed E-state index contributed by atoms with van der Waals surface area (Å²) in [6.07, 6.45) is 4.79. The van der Waals surface area contributed by atoms with E-state index in [1.807, 2.05) is 0 Å². The van der Waals surface area contributed by atoms with Gasteiger partial charge in [0.2, 0.25) is 0 Å². The monoisotopic (exact) mass is 248 g/mol. The average molecular weight is 248 g/mol. The molecule has 0 radical (unpaired) electrons. The number of hydrogen-bond acceptors (Lipinski definition) is 5. The molecule has 0 amide bonds. The fraction of sp³-hybridized carbons (Fsp3) is 1.00. The summed E-state index contributed by atoms with van der Waals surface area (Å²) >= 11 is 0. The van der Waals surface area contributed by atoms with Gasteiger partial charge in [-0.05, 0) is 25.9 Å². The minimum atomic E-state index is -3.91. The van der Waals surface area contributed by atoms with Crippen LogP contribution in [0.5, 0.6) is 0 Å². The zero-order chi connectivity index (χ0) is 11.4. The summed E-state index contributed by atoms with van der Waals surface area (Å²) in [4.78, 5) is 0. The van der Waals surface area contributed by atoms with Gasteiger partial charge in [-0.15, -0.1) is 0 Å². The number of unbranched alkanes of at least 4 members (excludes halogenated alkanes) is 3. The van der Waals surface area contributed by atoms with E-state index in [0.29, 0.717) is 0 Å². The summed E-state index contributed by atoms with van der Waals surface area (Å²) < 4.78 is 28.3. The Hall–Kier alpha value is 0.830. The standard InChI is InChI=1S/C6H16N2.C2H6O3S.Na/c7-5-3-1-2-4-6-8;1-2-6(3,4)5;/h1-8H2;2H2,1H3,(H,3,4,5);/q;;+1/p-1. The van der Waals surface area contributed by atoms with E-state index in [0.717, 1.165) is 25.9 Å². The van der Waals surface area contributed by atoms with Gasteiger partial charge in [-0.25, -0.2) is 8.42 Å². The van der Waals surface area contributed by atoms with E-state index in [4.69, 9.17) is 11.5 Å². The van der Waals surface area contributed by atoms with Crippen molar-refractivity contribution < 1.29 is 42.5 Å². The average Bonchev–Trinajstić information content (AvgIpc) is 2.13. The first-order valence-electron chi connectivity index (χ1n) is 4.81. The molecule has 0 aliphatic heterocycles. The molecule has 0 saturated carbocycles. The summed E-state index contributed by atoms with van der Waals surface area (Å²) in [5.74, 6) is -0.312. The van der Waals surface area contributed by atoms with Crippen molar-refractivity contribution in [3.63, 3.8) is 0 Å². The fourth-order valence-electron chi connectivity index (χ4n) is 0.642. The fourth-order valence-corrected chi connectivity index (χ4v) is 0.642. The predicted molar refractivity (Wildman–Crippen MR) is 56.8 cm³/mol. The van der Waals surface area contributed by atoms with E-state index in [1.165, 1.54) is 19.8 Å². The van der Waals surface area contributed by atoms with Crippen LogP contribution < -0.4 is 41.0 Å². The molecular formula is C8H21N2NaO3S. The predicted octanol–water partition coefficient (Wildman–Crippen LogP) is -2.98. The Labute approximate surface area is 115 Å². The van der Waals surface area contributed by atoms with Gasteiger partial charge in [0.15, 0.2) is 0 Å². The van der Waals surface area contributed by atoms with Crippen LogP contribution in [-0.2, 0) is 10.1 Å². The van der Waals surface area contributed by atoms with Gasteiger partial charge in [0.25, 0.3) is 0 Å². The van der Waals surface area contributed by atoms with Gasteiger partial charge in [-0.3, -0.25) is 0 Å². The first-order valence-corrected chi connectivity index (χ1v) is 6.39. The molecule has 0 spiro atoms. The van der Waals surface area contributed by atoms with E-state index in [9.17, 15) is 13.0 Å². The quantitative estimate of drug-likeness (QED) is 0.296. The Kier molecular flexibility index (Phi) is 20.9. The van der Waals surface area contributed by atoms with Gasteiger partial charge < -0.3 is 16.0 Å². The van der Waals surface area contributed by atoms with Gasteiger partial charge in [0.05, 0.1) is 10.1 Å². The molecule has 0 aromatic rings. The second kappa shape index (κ2) is 14.8. The van der Waals surface area contributed by atoms with Crippen molar-refractivity contribution in [1.82, 2.24) is 0 Å². The summed E-state index contributed by atoms with van der Waals surface area (Å²) in [5, 5.41) is 0. The molecule has 0 aromatic heterocycles. The largest absolute Gasteiger partial charge is 1.00 e. The second-order valence-corrected chi connectivity index (χ2v) is 4.53. The topological polar surface area (TPSA) is 109 Å². The van der Waals surface area contributed by atoms with E-state index in [-0.39, 0.29) is 35.3 Å². The van der Waals surface area contributed by atoms with Crippen LogP contribution in [0.4, 0.5) is 0 Å². The molecule has 0 bridgehead atoms. The molecule has 0 aliphatic carbocycles. The van der Waals surface area contributed by atoms with Gasteiger partial charge >= 0.3 is 29.6 Å². The molecule has 88 valence electrons. The van der Waals surface area contributed by atoms with Crippen molar-refractivity contribution >= 4 is 10.1 Å². The summed E-state index contributed by atoms with van der Waals surface area (Å²) in [5.41, 5.74) is 10.6. The SMILES string of the molecule is CCS(=O)(=O)[O-].NCCCCCCN.[Na+]. The molecule has 0 atom stereocenters. The van der Waals surface area contributed by atoms with Crippen LogP contribution >= 0.6 is 0 Å². The van der Waals surface area contributed by atoms with Crippen LogP contribution in [0.3, 0.4) is 0 Å². The van der Waals surface area contributed by atoms with E-state index < -0.39 is 10.1 Å². The zero-order valence-electron chi connectivity index (χ0n) is 9.74. The number of nitrogens with two attached hydrogens (primary N) is 2. The molecular weight excluding hydrogens is 227 g/mol. The Bertz CT molecular complexity index is 192. The van der Waals surface area contributed by atoms with Crippen LogP contribution in [0.2, 0.25) is 0 Å². The molecule has 7 heteroatoms. The summed E-state index contributed by atoms with van der Waals surface area (Å²) in [6.45, 7) is 2.96. The molecule has 0 rings (SSSR count). The van der Waals surface area contributed by atoms with E-state index >= 15 is 0 Å². The van der Waals surface area contributed by atoms with Crippen LogP contribution in [0, 0.1) is 0 Å². The van der Waals surface area contributed by atoms with Crippen LogP contribution in [0.25, 0.3) is 0 Å². The Balaban J connectivity index is -0.000000187. The molecule has 0 aliphatic rings. The van der Waals surface area contributed by atoms with Crippen molar-refractivity contribution in [1.29, 1.82) is 0 Å². The molecule has 0 heterocycles. The smallest absolute Gasteiger partial charge is 0.748 e. The maximum absolute atomic E-state index is 9.44. The number of hydrogen-bond donors (Lipinski definition) is 2. The van der Waals surface area contributed by atoms with Crippen molar-refractivity contribution in [3.8, 4) is 0 Å². The van der Waals surface area contributed by atoms with Gasteiger partial charge in [-0.1, -0.05) is 19.8 Å². The summed E-state index contributed by atoms with van der Waals surface area (Å²) in [7, 11) is -3.91. The van der Waals surface area contributed by atoms with Crippen molar-refractivity contribution in [2.24, 2.45) is 11.5 Å². The van der Waals surface area contributed by atoms with Crippen molar-refractivity contribution in [2.45, 2.75) is 32.6 Å². The minimum absolute atomic E-state index is 0. The van der Waals surface area contributed by atoms with Gasteiger partial charge in [-0.2, -0.15) is 0 Å². The Morgan fingerprint density at radius 3 is 1.40 bits per heavy atom. The first-order chi connectivity index (χ1) is 6.47. The maximum atomic E-state index is 9.44. The van der Waals surface area contributed by atoms with E-state index in [1.54, 1.807) is 0 Å². The van der Waals surface area contributed by atoms with Crippen LogP contribution in [0.1, 0.15) is 32.6 Å². The van der Waals surface area contributed by atoms with Crippen LogP contribution in [0.15, 0.2) is 0 Å². The third kappa shape index (κ3) is 31.3. The first kappa shape index (κ1) is 21.1. The van der Waals surface area contributed by atoms with Crippen molar-refractivity contribution in [2.75, 3.05) is 18.8 Å². The van der Waals surface area contributed by atoms with Crippen LogP contribution in [-0.4, -0.2) is 31.8 Å². The zero-order valence-corrected chi connectivity index (χ0v) is 12.6. The minimum Gasteiger partial charge on any atom is -0.748 e. The maximum Gasteiger partial charge on any atom is 1.00 e. The molecule has 5 nitrogen and oxygen atoms in total. The normalized spacial score (nSPS) is 9.87. The summed E-state index contributed by atoms with van der Waals surface area (Å²) in [6, 6.07) is 0. The number of rotatable bonds is 6. The molecule has 4 N–H and O–H groups in total. The van der Waals surface area contributed by atoms with Gasteiger partial charge in [0.1, 0.15) is 0 Å². The molecule has 0 unspecified atom stereocenters. The second-order valence-electron chi connectivity index (χ2n) is 2.84. The van der Waals surface area contributed by atoms with Gasteiger partial charge in [0, 0.05) is 5.75 Å². The third-order valence-corrected chi connectivity index (χ3v) is 2.22. The molecule has 0 fully saturated rings. The Morgan fingerprint density at radius 1 is 1.00 bits per heavy atom. The molecule has 0 saturated heterocycles. The van der Waals surface area contributed by atoms with E-state index in [2.05, 4.69) is 0 Å².